The second kappa shape index (κ2) is 17.8. The smallest absolute Gasteiger partial charge is 0.457 e. The quantitative estimate of drug-likeness (QED) is 0.100. The predicted octanol–water partition coefficient (Wildman–Crippen LogP) is 3.71. The van der Waals surface area contributed by atoms with Crippen molar-refractivity contribution in [3.05, 3.63) is 0 Å². The van der Waals surface area contributed by atoms with E-state index in [-0.39, 0.29) is 6.42 Å². The lowest BCUT2D eigenvalue weighted by atomic mass is 10.0. The van der Waals surface area contributed by atoms with Crippen LogP contribution in [0, 0.1) is 11.8 Å². The minimum absolute atomic E-state index is 0.217. The SMILES string of the molecule is CCCCCCC1CC1CCCCCCCC(=O)O[C@H](CO)COP(=O)(O)OCC(O)CO. The van der Waals surface area contributed by atoms with Crippen molar-refractivity contribution in [1.82, 2.24) is 0 Å². The average molecular weight is 497 g/mol. The van der Waals surface area contributed by atoms with E-state index >= 15 is 0 Å². The Bertz CT molecular complexity index is 560. The van der Waals surface area contributed by atoms with Crippen LogP contribution in [0.1, 0.15) is 90.4 Å². The van der Waals surface area contributed by atoms with Crippen LogP contribution in [-0.4, -0.2) is 64.8 Å². The fraction of sp³-hybridized carbons (Fsp3) is 0.957. The lowest BCUT2D eigenvalue weighted by Crippen LogP contribution is -2.27. The zero-order valence-electron chi connectivity index (χ0n) is 20.1. The standard InChI is InChI=1S/C23H45O9P/c1-2-3-4-8-11-19-14-20(19)12-9-6-5-7-10-13-23(27)32-22(16-25)18-31-33(28,29)30-17-21(26)15-24/h19-22,24-26H,2-18H2,1H3,(H,28,29)/t19?,20?,21?,22-/m1/s1. The van der Waals surface area contributed by atoms with Gasteiger partial charge in [0.05, 0.1) is 26.4 Å². The van der Waals surface area contributed by atoms with E-state index in [2.05, 4.69) is 16.0 Å². The first-order chi connectivity index (χ1) is 15.8. The highest BCUT2D eigenvalue weighted by Gasteiger charge is 2.35. The summed E-state index contributed by atoms with van der Waals surface area (Å²) in [5, 5.41) is 27.1. The Hall–Kier alpha value is -0.540. The van der Waals surface area contributed by atoms with E-state index in [1.165, 1.54) is 57.8 Å². The lowest BCUT2D eigenvalue weighted by molar-refractivity contribution is -0.153. The summed E-state index contributed by atoms with van der Waals surface area (Å²) in [6.45, 7) is -0.0571. The number of unbranched alkanes of at least 4 members (excludes halogenated alkanes) is 7. The third-order valence-electron chi connectivity index (χ3n) is 6.02. The molecule has 0 aliphatic heterocycles. The fourth-order valence-corrected chi connectivity index (χ4v) is 4.66. The van der Waals surface area contributed by atoms with Gasteiger partial charge in [-0.1, -0.05) is 71.1 Å². The van der Waals surface area contributed by atoms with Gasteiger partial charge in [-0.3, -0.25) is 13.8 Å². The van der Waals surface area contributed by atoms with Crippen LogP contribution < -0.4 is 0 Å². The van der Waals surface area contributed by atoms with E-state index in [1.54, 1.807) is 0 Å². The number of rotatable bonds is 22. The summed E-state index contributed by atoms with van der Waals surface area (Å²) in [5.41, 5.74) is 0. The number of hydrogen-bond acceptors (Lipinski definition) is 8. The van der Waals surface area contributed by atoms with E-state index < -0.39 is 52.4 Å². The maximum Gasteiger partial charge on any atom is 0.472 e. The summed E-state index contributed by atoms with van der Waals surface area (Å²) in [4.78, 5) is 21.4. The van der Waals surface area contributed by atoms with Crippen molar-refractivity contribution in [3.63, 3.8) is 0 Å². The normalized spacial score (nSPS) is 21.4. The summed E-state index contributed by atoms with van der Waals surface area (Å²) in [6, 6.07) is 0. The number of aliphatic hydroxyl groups is 3. The van der Waals surface area contributed by atoms with Gasteiger partial charge < -0.3 is 24.9 Å². The van der Waals surface area contributed by atoms with Gasteiger partial charge in [-0.15, -0.1) is 0 Å². The summed E-state index contributed by atoms with van der Waals surface area (Å²) >= 11 is 0. The molecule has 0 radical (unpaired) electrons. The van der Waals surface area contributed by atoms with Crippen LogP contribution in [-0.2, 0) is 23.1 Å². The molecule has 4 N–H and O–H groups in total. The Morgan fingerprint density at radius 3 is 2.09 bits per heavy atom. The second-order valence-electron chi connectivity index (χ2n) is 9.10. The highest BCUT2D eigenvalue weighted by molar-refractivity contribution is 7.47. The molecular formula is C23H45O9P. The Balaban J connectivity index is 2.02. The highest BCUT2D eigenvalue weighted by atomic mass is 31.2. The number of aliphatic hydroxyl groups excluding tert-OH is 3. The van der Waals surface area contributed by atoms with Gasteiger partial charge in [-0.05, 0) is 24.7 Å². The van der Waals surface area contributed by atoms with Crippen LogP contribution in [0.3, 0.4) is 0 Å². The molecule has 1 aliphatic rings. The molecule has 5 atom stereocenters. The van der Waals surface area contributed by atoms with E-state index in [0.717, 1.165) is 24.7 Å². The van der Waals surface area contributed by atoms with Crippen molar-refractivity contribution in [3.8, 4) is 0 Å². The van der Waals surface area contributed by atoms with E-state index in [9.17, 15) is 19.4 Å². The zero-order chi connectivity index (χ0) is 24.5. The third-order valence-corrected chi connectivity index (χ3v) is 6.97. The fourth-order valence-electron chi connectivity index (χ4n) is 3.87. The van der Waals surface area contributed by atoms with Crippen molar-refractivity contribution < 1.29 is 43.4 Å². The Morgan fingerprint density at radius 2 is 1.48 bits per heavy atom. The second-order valence-corrected chi connectivity index (χ2v) is 10.6. The van der Waals surface area contributed by atoms with E-state index in [4.69, 9.17) is 14.9 Å². The molecule has 0 aromatic heterocycles. The summed E-state index contributed by atoms with van der Waals surface area (Å²) < 4.78 is 25.9. The molecule has 0 heterocycles. The summed E-state index contributed by atoms with van der Waals surface area (Å²) in [7, 11) is -4.50. The number of hydrogen-bond donors (Lipinski definition) is 4. The maximum atomic E-state index is 11.9. The molecule has 0 amide bonds. The molecule has 0 spiro atoms. The van der Waals surface area contributed by atoms with Crippen molar-refractivity contribution in [1.29, 1.82) is 0 Å². The van der Waals surface area contributed by atoms with Crippen molar-refractivity contribution in [2.45, 2.75) is 103 Å². The molecule has 1 aliphatic carbocycles. The Kier molecular flexibility index (Phi) is 16.5. The largest absolute Gasteiger partial charge is 0.472 e. The van der Waals surface area contributed by atoms with Crippen molar-refractivity contribution in [2.24, 2.45) is 11.8 Å². The Labute approximate surface area is 198 Å². The van der Waals surface area contributed by atoms with Gasteiger partial charge in [0.15, 0.2) is 0 Å². The van der Waals surface area contributed by atoms with Crippen LogP contribution in [0.5, 0.6) is 0 Å². The molecule has 0 bridgehead atoms. The van der Waals surface area contributed by atoms with Crippen molar-refractivity contribution >= 4 is 13.8 Å². The number of phosphoric ester groups is 1. The third kappa shape index (κ3) is 15.9. The first-order valence-electron chi connectivity index (χ1n) is 12.5. The molecule has 196 valence electrons. The maximum absolute atomic E-state index is 11.9. The first-order valence-corrected chi connectivity index (χ1v) is 14.0. The van der Waals surface area contributed by atoms with Crippen LogP contribution in [0.25, 0.3) is 0 Å². The molecule has 0 aromatic rings. The molecule has 4 unspecified atom stereocenters. The zero-order valence-corrected chi connectivity index (χ0v) is 21.0. The first kappa shape index (κ1) is 30.5. The molecule has 1 fully saturated rings. The van der Waals surface area contributed by atoms with E-state index in [0.29, 0.717) is 6.42 Å². The molecule has 10 heteroatoms. The molecule has 0 aromatic carbocycles. The average Bonchev–Trinajstić information content (AvgIpc) is 3.55. The molecule has 9 nitrogen and oxygen atoms in total. The van der Waals surface area contributed by atoms with Gasteiger partial charge in [0.2, 0.25) is 0 Å². The number of carbonyl (C=O) groups excluding carboxylic acids is 1. The number of carbonyl (C=O) groups is 1. The molecule has 0 saturated heterocycles. The predicted molar refractivity (Wildman–Crippen MR) is 124 cm³/mol. The molecule has 33 heavy (non-hydrogen) atoms. The Morgan fingerprint density at radius 1 is 0.909 bits per heavy atom. The van der Waals surface area contributed by atoms with Crippen molar-refractivity contribution in [2.75, 3.05) is 26.4 Å². The molecule has 1 saturated carbocycles. The summed E-state index contributed by atoms with van der Waals surface area (Å²) in [6.07, 6.45) is 12.5. The van der Waals surface area contributed by atoms with Gasteiger partial charge in [-0.2, -0.15) is 0 Å². The minimum atomic E-state index is -4.50. The van der Waals surface area contributed by atoms with Gasteiger partial charge in [0.1, 0.15) is 12.2 Å². The monoisotopic (exact) mass is 496 g/mol. The van der Waals surface area contributed by atoms with Gasteiger partial charge in [0, 0.05) is 6.42 Å². The number of phosphoric acid groups is 1. The number of ether oxygens (including phenoxy) is 1. The van der Waals surface area contributed by atoms with Crippen LogP contribution in [0.4, 0.5) is 0 Å². The lowest BCUT2D eigenvalue weighted by Gasteiger charge is -2.18. The highest BCUT2D eigenvalue weighted by Crippen LogP contribution is 2.46. The van der Waals surface area contributed by atoms with Gasteiger partial charge in [-0.25, -0.2) is 4.57 Å². The van der Waals surface area contributed by atoms with Gasteiger partial charge in [0.25, 0.3) is 0 Å². The van der Waals surface area contributed by atoms with Crippen LogP contribution in [0.15, 0.2) is 0 Å². The summed E-state index contributed by atoms with van der Waals surface area (Å²) in [5.74, 6) is 1.42. The molecular weight excluding hydrogens is 451 g/mol. The minimum Gasteiger partial charge on any atom is -0.457 e. The number of esters is 1. The molecule has 1 rings (SSSR count). The van der Waals surface area contributed by atoms with Gasteiger partial charge >= 0.3 is 13.8 Å². The van der Waals surface area contributed by atoms with E-state index in [1.807, 2.05) is 0 Å². The topological polar surface area (TPSA) is 143 Å². The van der Waals surface area contributed by atoms with Crippen LogP contribution in [0.2, 0.25) is 0 Å². The van der Waals surface area contributed by atoms with Crippen LogP contribution >= 0.6 is 7.82 Å².